The largest absolute Gasteiger partial charge is 0.497 e. The molecule has 0 aliphatic rings. The normalized spacial score (nSPS) is 10.7. The predicted octanol–water partition coefficient (Wildman–Crippen LogP) is 3.66. The average molecular weight is 344 g/mol. The highest BCUT2D eigenvalue weighted by atomic mass is 16.5. The molecule has 2 aromatic heterocycles. The molecule has 0 aliphatic carbocycles. The third-order valence-corrected chi connectivity index (χ3v) is 3.98. The first-order valence-electron chi connectivity index (χ1n) is 8.08. The van der Waals surface area contributed by atoms with Crippen LogP contribution in [-0.2, 0) is 0 Å². The SMILES string of the molecule is COc1cccc(C(=O)Nc2cccc(-c3cn4cccnc4n3)c2)c1. The number of hydrogen-bond acceptors (Lipinski definition) is 4. The van der Waals surface area contributed by atoms with Crippen molar-refractivity contribution in [3.63, 3.8) is 0 Å². The van der Waals surface area contributed by atoms with Gasteiger partial charge in [-0.15, -0.1) is 0 Å². The second kappa shape index (κ2) is 6.68. The molecule has 0 radical (unpaired) electrons. The van der Waals surface area contributed by atoms with Crippen LogP contribution in [0.4, 0.5) is 5.69 Å². The van der Waals surface area contributed by atoms with Crippen LogP contribution in [-0.4, -0.2) is 27.4 Å². The lowest BCUT2D eigenvalue weighted by molar-refractivity contribution is 0.102. The van der Waals surface area contributed by atoms with Gasteiger partial charge in [-0.1, -0.05) is 18.2 Å². The molecular formula is C20H16N4O2. The maximum absolute atomic E-state index is 12.5. The summed E-state index contributed by atoms with van der Waals surface area (Å²) in [6.07, 6.45) is 5.51. The number of ether oxygens (including phenoxy) is 1. The molecule has 0 atom stereocenters. The molecule has 6 nitrogen and oxygen atoms in total. The Bertz CT molecular complexity index is 1050. The zero-order valence-corrected chi connectivity index (χ0v) is 14.1. The van der Waals surface area contributed by atoms with Crippen molar-refractivity contribution in [2.45, 2.75) is 0 Å². The highest BCUT2D eigenvalue weighted by Gasteiger charge is 2.09. The summed E-state index contributed by atoms with van der Waals surface area (Å²) in [6.45, 7) is 0. The lowest BCUT2D eigenvalue weighted by Crippen LogP contribution is -2.11. The Morgan fingerprint density at radius 3 is 2.85 bits per heavy atom. The fourth-order valence-electron chi connectivity index (χ4n) is 2.69. The smallest absolute Gasteiger partial charge is 0.255 e. The van der Waals surface area contributed by atoms with Crippen molar-refractivity contribution in [3.05, 3.63) is 78.8 Å². The van der Waals surface area contributed by atoms with Gasteiger partial charge in [0.05, 0.1) is 12.8 Å². The number of nitrogens with one attached hydrogen (secondary N) is 1. The van der Waals surface area contributed by atoms with E-state index in [0.29, 0.717) is 22.8 Å². The monoisotopic (exact) mass is 344 g/mol. The Labute approximate surface area is 150 Å². The summed E-state index contributed by atoms with van der Waals surface area (Å²) in [5.74, 6) is 1.08. The first-order valence-corrected chi connectivity index (χ1v) is 8.08. The first kappa shape index (κ1) is 15.8. The fraction of sp³-hybridized carbons (Fsp3) is 0.0500. The molecule has 26 heavy (non-hydrogen) atoms. The molecule has 2 aromatic carbocycles. The number of nitrogens with zero attached hydrogens (tertiary/aromatic N) is 3. The average Bonchev–Trinajstić information content (AvgIpc) is 3.12. The van der Waals surface area contributed by atoms with E-state index in [0.717, 1.165) is 11.3 Å². The number of rotatable bonds is 4. The molecule has 128 valence electrons. The Hall–Kier alpha value is -3.67. The summed E-state index contributed by atoms with van der Waals surface area (Å²) in [4.78, 5) is 21.2. The van der Waals surface area contributed by atoms with Crippen LogP contribution in [0.3, 0.4) is 0 Å². The zero-order chi connectivity index (χ0) is 17.9. The molecule has 4 aromatic rings. The van der Waals surface area contributed by atoms with Gasteiger partial charge in [-0.25, -0.2) is 9.97 Å². The Kier molecular flexibility index (Phi) is 4.07. The number of anilines is 1. The predicted molar refractivity (Wildman–Crippen MR) is 99.4 cm³/mol. The van der Waals surface area contributed by atoms with E-state index >= 15 is 0 Å². The lowest BCUT2D eigenvalue weighted by atomic mass is 10.1. The summed E-state index contributed by atoms with van der Waals surface area (Å²) in [6, 6.07) is 16.4. The van der Waals surface area contributed by atoms with Gasteiger partial charge in [0.15, 0.2) is 0 Å². The number of imidazole rings is 1. The van der Waals surface area contributed by atoms with Crippen LogP contribution in [0.15, 0.2) is 73.2 Å². The summed E-state index contributed by atoms with van der Waals surface area (Å²) < 4.78 is 7.02. The van der Waals surface area contributed by atoms with Gasteiger partial charge in [0.1, 0.15) is 5.75 Å². The third kappa shape index (κ3) is 3.12. The van der Waals surface area contributed by atoms with E-state index in [1.807, 2.05) is 47.1 Å². The van der Waals surface area contributed by atoms with Crippen LogP contribution in [0.25, 0.3) is 17.0 Å². The van der Waals surface area contributed by atoms with E-state index in [4.69, 9.17) is 4.74 Å². The van der Waals surface area contributed by atoms with Crippen molar-refractivity contribution in [2.24, 2.45) is 0 Å². The number of fused-ring (bicyclic) bond motifs is 1. The highest BCUT2D eigenvalue weighted by Crippen LogP contribution is 2.23. The minimum absolute atomic E-state index is 0.197. The number of carbonyl (C=O) groups excluding carboxylic acids is 1. The van der Waals surface area contributed by atoms with E-state index in [2.05, 4.69) is 15.3 Å². The van der Waals surface area contributed by atoms with E-state index in [9.17, 15) is 4.79 Å². The summed E-state index contributed by atoms with van der Waals surface area (Å²) >= 11 is 0. The van der Waals surface area contributed by atoms with Gasteiger partial charge in [-0.3, -0.25) is 9.20 Å². The number of aromatic nitrogens is 3. The number of methoxy groups -OCH3 is 1. The molecule has 0 fully saturated rings. The van der Waals surface area contributed by atoms with Gasteiger partial charge in [0.25, 0.3) is 5.91 Å². The maximum atomic E-state index is 12.5. The number of carbonyl (C=O) groups is 1. The van der Waals surface area contributed by atoms with Crippen molar-refractivity contribution >= 4 is 17.4 Å². The topological polar surface area (TPSA) is 68.5 Å². The molecule has 6 heteroatoms. The molecule has 0 aliphatic heterocycles. The van der Waals surface area contributed by atoms with Gasteiger partial charge in [0.2, 0.25) is 5.78 Å². The number of hydrogen-bond donors (Lipinski definition) is 1. The van der Waals surface area contributed by atoms with Crippen LogP contribution < -0.4 is 10.1 Å². The summed E-state index contributed by atoms with van der Waals surface area (Å²) in [5, 5.41) is 2.91. The molecule has 0 saturated heterocycles. The maximum Gasteiger partial charge on any atom is 0.255 e. The van der Waals surface area contributed by atoms with Crippen LogP contribution in [0.5, 0.6) is 5.75 Å². The van der Waals surface area contributed by atoms with Gasteiger partial charge in [-0.2, -0.15) is 0 Å². The van der Waals surface area contributed by atoms with E-state index in [-0.39, 0.29) is 5.91 Å². The molecule has 0 bridgehead atoms. The van der Waals surface area contributed by atoms with E-state index < -0.39 is 0 Å². The van der Waals surface area contributed by atoms with Crippen molar-refractivity contribution in [1.29, 1.82) is 0 Å². The third-order valence-electron chi connectivity index (χ3n) is 3.98. The molecule has 0 unspecified atom stereocenters. The van der Waals surface area contributed by atoms with Crippen LogP contribution in [0.2, 0.25) is 0 Å². The summed E-state index contributed by atoms with van der Waals surface area (Å²) in [5.41, 5.74) is 2.92. The zero-order valence-electron chi connectivity index (χ0n) is 14.1. The standard InChI is InChI=1S/C20H16N4O2/c1-26-17-8-3-6-15(12-17)19(25)22-16-7-2-5-14(11-16)18-13-24-10-4-9-21-20(24)23-18/h2-13H,1H3,(H,22,25). The van der Waals surface area contributed by atoms with E-state index in [1.165, 1.54) is 0 Å². The molecule has 0 spiro atoms. The Balaban J connectivity index is 1.60. The molecule has 1 amide bonds. The molecule has 1 N–H and O–H groups in total. The second-order valence-corrected chi connectivity index (χ2v) is 5.72. The Morgan fingerprint density at radius 1 is 1.12 bits per heavy atom. The summed E-state index contributed by atoms with van der Waals surface area (Å²) in [7, 11) is 1.57. The van der Waals surface area contributed by atoms with Gasteiger partial charge >= 0.3 is 0 Å². The first-order chi connectivity index (χ1) is 12.7. The molecular weight excluding hydrogens is 328 g/mol. The van der Waals surface area contributed by atoms with Crippen molar-refractivity contribution in [3.8, 4) is 17.0 Å². The number of benzene rings is 2. The van der Waals surface area contributed by atoms with Crippen LogP contribution in [0.1, 0.15) is 10.4 Å². The van der Waals surface area contributed by atoms with Gasteiger partial charge in [0, 0.05) is 35.4 Å². The minimum Gasteiger partial charge on any atom is -0.497 e. The molecule has 4 rings (SSSR count). The second-order valence-electron chi connectivity index (χ2n) is 5.72. The fourth-order valence-corrected chi connectivity index (χ4v) is 2.69. The van der Waals surface area contributed by atoms with Crippen molar-refractivity contribution in [1.82, 2.24) is 14.4 Å². The Morgan fingerprint density at radius 2 is 2.00 bits per heavy atom. The van der Waals surface area contributed by atoms with Crippen LogP contribution in [0, 0.1) is 0 Å². The minimum atomic E-state index is -0.197. The lowest BCUT2D eigenvalue weighted by Gasteiger charge is -2.08. The quantitative estimate of drug-likeness (QED) is 0.613. The highest BCUT2D eigenvalue weighted by molar-refractivity contribution is 6.04. The van der Waals surface area contributed by atoms with Crippen molar-refractivity contribution < 1.29 is 9.53 Å². The van der Waals surface area contributed by atoms with Crippen LogP contribution >= 0.6 is 0 Å². The van der Waals surface area contributed by atoms with Crippen molar-refractivity contribution in [2.75, 3.05) is 12.4 Å². The van der Waals surface area contributed by atoms with Gasteiger partial charge in [-0.05, 0) is 36.4 Å². The van der Waals surface area contributed by atoms with E-state index in [1.54, 1.807) is 37.6 Å². The number of amides is 1. The molecule has 2 heterocycles. The van der Waals surface area contributed by atoms with Gasteiger partial charge < -0.3 is 10.1 Å². The molecule has 0 saturated carbocycles.